The number of carbonyl (C=O) groups is 2. The molecule has 0 aliphatic carbocycles. The lowest BCUT2D eigenvalue weighted by Gasteiger charge is -2.10. The second-order valence-electron chi connectivity index (χ2n) is 4.06. The molecule has 1 N–H and O–H groups in total. The Labute approximate surface area is 111 Å². The summed E-state index contributed by atoms with van der Waals surface area (Å²) in [7, 11) is 0. The number of hydrogen-bond acceptors (Lipinski definition) is 3. The van der Waals surface area contributed by atoms with Crippen molar-refractivity contribution >= 4 is 11.9 Å². The van der Waals surface area contributed by atoms with Crippen LogP contribution in [-0.4, -0.2) is 18.5 Å². The van der Waals surface area contributed by atoms with Gasteiger partial charge in [-0.05, 0) is 50.6 Å². The number of halogens is 1. The smallest absolute Gasteiger partial charge is 0.354 e. The summed E-state index contributed by atoms with van der Waals surface area (Å²) >= 11 is 0. The molecule has 19 heavy (non-hydrogen) atoms. The summed E-state index contributed by atoms with van der Waals surface area (Å²) in [4.78, 5) is 23.6. The molecule has 0 heterocycles. The molecule has 0 bridgehead atoms. The van der Waals surface area contributed by atoms with Crippen LogP contribution in [0.2, 0.25) is 0 Å². The Morgan fingerprint density at radius 2 is 1.79 bits per heavy atom. The average Bonchev–Trinajstić information content (AvgIpc) is 2.36. The zero-order chi connectivity index (χ0) is 14.4. The van der Waals surface area contributed by atoms with Gasteiger partial charge in [0.25, 0.3) is 5.91 Å². The standard InChI is InChI=1S/C14H16FNO3/c1-4-19-14(18)12(9(2)3)16-13(17)10-5-7-11(15)8-6-10/h5-8H,4H2,1-3H3,(H,16,17). The molecule has 0 spiro atoms. The predicted octanol–water partition coefficient (Wildman–Crippen LogP) is 2.41. The fourth-order valence-electron chi connectivity index (χ4n) is 1.37. The van der Waals surface area contributed by atoms with Crippen molar-refractivity contribution in [1.29, 1.82) is 0 Å². The third-order valence-electron chi connectivity index (χ3n) is 2.32. The minimum atomic E-state index is -0.585. The van der Waals surface area contributed by atoms with Gasteiger partial charge in [-0.15, -0.1) is 0 Å². The van der Waals surface area contributed by atoms with E-state index in [0.29, 0.717) is 5.57 Å². The van der Waals surface area contributed by atoms with Gasteiger partial charge in [-0.3, -0.25) is 4.79 Å². The molecule has 0 saturated heterocycles. The summed E-state index contributed by atoms with van der Waals surface area (Å²) in [5.74, 6) is -1.49. The quantitative estimate of drug-likeness (QED) is 0.672. The van der Waals surface area contributed by atoms with Gasteiger partial charge < -0.3 is 10.1 Å². The molecule has 0 fully saturated rings. The van der Waals surface area contributed by atoms with Gasteiger partial charge in [0.2, 0.25) is 0 Å². The van der Waals surface area contributed by atoms with Crippen molar-refractivity contribution in [3.8, 4) is 0 Å². The molecule has 0 aliphatic heterocycles. The van der Waals surface area contributed by atoms with Crippen LogP contribution in [-0.2, 0) is 9.53 Å². The molecule has 1 amide bonds. The number of carbonyl (C=O) groups excluding carboxylic acids is 2. The van der Waals surface area contributed by atoms with E-state index in [1.54, 1.807) is 20.8 Å². The minimum absolute atomic E-state index is 0.108. The maximum absolute atomic E-state index is 12.8. The van der Waals surface area contributed by atoms with Crippen molar-refractivity contribution in [2.75, 3.05) is 6.61 Å². The number of nitrogens with one attached hydrogen (secondary N) is 1. The first kappa shape index (κ1) is 14.9. The first-order valence-electron chi connectivity index (χ1n) is 5.87. The Hall–Kier alpha value is -2.17. The molecule has 0 unspecified atom stereocenters. The molecular formula is C14H16FNO3. The second-order valence-corrected chi connectivity index (χ2v) is 4.06. The molecule has 0 aliphatic rings. The van der Waals surface area contributed by atoms with Crippen LogP contribution in [0.15, 0.2) is 35.5 Å². The van der Waals surface area contributed by atoms with Crippen molar-refractivity contribution in [1.82, 2.24) is 5.32 Å². The fraction of sp³-hybridized carbons (Fsp3) is 0.286. The Kier molecular flexibility index (Phi) is 5.23. The molecular weight excluding hydrogens is 249 g/mol. The SMILES string of the molecule is CCOC(=O)C(NC(=O)c1ccc(F)cc1)=C(C)C. The van der Waals surface area contributed by atoms with Crippen LogP contribution < -0.4 is 5.32 Å². The van der Waals surface area contributed by atoms with Crippen molar-refractivity contribution < 1.29 is 18.7 Å². The molecule has 4 nitrogen and oxygen atoms in total. The summed E-state index contributed by atoms with van der Waals surface area (Å²) in [6.45, 7) is 5.29. The minimum Gasteiger partial charge on any atom is -0.461 e. The van der Waals surface area contributed by atoms with E-state index < -0.39 is 17.7 Å². The summed E-state index contributed by atoms with van der Waals surface area (Å²) in [5.41, 5.74) is 1.01. The first-order valence-corrected chi connectivity index (χ1v) is 5.87. The highest BCUT2D eigenvalue weighted by Crippen LogP contribution is 2.07. The Bertz CT molecular complexity index is 502. The van der Waals surface area contributed by atoms with Gasteiger partial charge in [0.15, 0.2) is 0 Å². The van der Waals surface area contributed by atoms with Crippen LogP contribution in [0, 0.1) is 5.82 Å². The summed E-state index contributed by atoms with van der Waals surface area (Å²) in [6, 6.07) is 5.06. The third-order valence-corrected chi connectivity index (χ3v) is 2.32. The molecule has 0 saturated carbocycles. The fourth-order valence-corrected chi connectivity index (χ4v) is 1.37. The van der Waals surface area contributed by atoms with Gasteiger partial charge >= 0.3 is 5.97 Å². The van der Waals surface area contributed by atoms with Gasteiger partial charge in [0, 0.05) is 5.56 Å². The van der Waals surface area contributed by atoms with Crippen LogP contribution in [0.4, 0.5) is 4.39 Å². The molecule has 0 aromatic heterocycles. The normalized spacial score (nSPS) is 9.68. The number of benzene rings is 1. The number of hydrogen-bond donors (Lipinski definition) is 1. The largest absolute Gasteiger partial charge is 0.461 e. The van der Waals surface area contributed by atoms with Gasteiger partial charge in [-0.2, -0.15) is 0 Å². The van der Waals surface area contributed by atoms with E-state index in [1.807, 2.05) is 0 Å². The molecule has 5 heteroatoms. The van der Waals surface area contributed by atoms with Crippen molar-refractivity contribution in [2.45, 2.75) is 20.8 Å². The monoisotopic (exact) mass is 265 g/mol. The number of amides is 1. The average molecular weight is 265 g/mol. The van der Waals surface area contributed by atoms with E-state index in [0.717, 1.165) is 0 Å². The van der Waals surface area contributed by atoms with Crippen LogP contribution >= 0.6 is 0 Å². The predicted molar refractivity (Wildman–Crippen MR) is 68.9 cm³/mol. The van der Waals surface area contributed by atoms with E-state index in [1.165, 1.54) is 24.3 Å². The Morgan fingerprint density at radius 1 is 1.21 bits per heavy atom. The lowest BCUT2D eigenvalue weighted by molar-refractivity contribution is -0.138. The zero-order valence-corrected chi connectivity index (χ0v) is 11.1. The van der Waals surface area contributed by atoms with Crippen LogP contribution in [0.3, 0.4) is 0 Å². The first-order chi connectivity index (χ1) is 8.95. The molecule has 0 radical (unpaired) electrons. The second kappa shape index (κ2) is 6.68. The molecule has 1 aromatic carbocycles. The van der Waals surface area contributed by atoms with E-state index in [4.69, 9.17) is 4.74 Å². The topological polar surface area (TPSA) is 55.4 Å². The summed E-state index contributed by atoms with van der Waals surface area (Å²) < 4.78 is 17.6. The number of allylic oxidation sites excluding steroid dienone is 1. The van der Waals surface area contributed by atoms with E-state index in [-0.39, 0.29) is 17.9 Å². The number of esters is 1. The zero-order valence-electron chi connectivity index (χ0n) is 11.1. The molecule has 1 aromatic rings. The maximum atomic E-state index is 12.8. The van der Waals surface area contributed by atoms with Crippen molar-refractivity contribution in [3.63, 3.8) is 0 Å². The lowest BCUT2D eigenvalue weighted by atomic mass is 10.2. The molecule has 102 valence electrons. The summed E-state index contributed by atoms with van der Waals surface area (Å²) in [6.07, 6.45) is 0. The number of rotatable bonds is 4. The van der Waals surface area contributed by atoms with Gasteiger partial charge in [0.05, 0.1) is 6.61 Å². The molecule has 0 atom stereocenters. The Morgan fingerprint density at radius 3 is 2.26 bits per heavy atom. The maximum Gasteiger partial charge on any atom is 0.354 e. The third kappa shape index (κ3) is 4.21. The highest BCUT2D eigenvalue weighted by Gasteiger charge is 2.16. The van der Waals surface area contributed by atoms with Crippen LogP contribution in [0.25, 0.3) is 0 Å². The summed E-state index contributed by atoms with van der Waals surface area (Å²) in [5, 5.41) is 2.48. The van der Waals surface area contributed by atoms with Gasteiger partial charge in [-0.1, -0.05) is 0 Å². The van der Waals surface area contributed by atoms with Crippen molar-refractivity contribution in [2.24, 2.45) is 0 Å². The van der Waals surface area contributed by atoms with E-state index in [9.17, 15) is 14.0 Å². The number of ether oxygens (including phenoxy) is 1. The van der Waals surface area contributed by atoms with E-state index >= 15 is 0 Å². The van der Waals surface area contributed by atoms with Gasteiger partial charge in [-0.25, -0.2) is 9.18 Å². The van der Waals surface area contributed by atoms with Crippen LogP contribution in [0.1, 0.15) is 31.1 Å². The van der Waals surface area contributed by atoms with Crippen LogP contribution in [0.5, 0.6) is 0 Å². The molecule has 1 rings (SSSR count). The highest BCUT2D eigenvalue weighted by atomic mass is 19.1. The van der Waals surface area contributed by atoms with Gasteiger partial charge in [0.1, 0.15) is 11.5 Å². The van der Waals surface area contributed by atoms with E-state index in [2.05, 4.69) is 5.32 Å². The van der Waals surface area contributed by atoms with Crippen molar-refractivity contribution in [3.05, 3.63) is 46.9 Å². The Balaban J connectivity index is 2.87. The highest BCUT2D eigenvalue weighted by molar-refractivity contribution is 6.01. The lowest BCUT2D eigenvalue weighted by Crippen LogP contribution is -2.29.